The first-order valence-electron chi connectivity index (χ1n) is 6.84. The Bertz CT molecular complexity index is 614. The molecule has 0 saturated carbocycles. The van der Waals surface area contributed by atoms with Crippen LogP contribution in [0.3, 0.4) is 0 Å². The van der Waals surface area contributed by atoms with Gasteiger partial charge in [0.25, 0.3) is 0 Å². The number of nitrogens with one attached hydrogen (secondary N) is 1. The van der Waals surface area contributed by atoms with Crippen LogP contribution in [0.2, 0.25) is 0 Å². The molecular weight excluding hydrogens is 289 g/mol. The van der Waals surface area contributed by atoms with Gasteiger partial charge in [-0.1, -0.05) is 25.5 Å². The molecule has 1 aromatic heterocycles. The summed E-state index contributed by atoms with van der Waals surface area (Å²) in [5.74, 6) is -0.473. The fourth-order valence-electron chi connectivity index (χ4n) is 1.94. The summed E-state index contributed by atoms with van der Waals surface area (Å²) in [5.41, 5.74) is 6.62. The summed E-state index contributed by atoms with van der Waals surface area (Å²) in [6.45, 7) is 1.98. The molecule has 1 amide bonds. The molecule has 0 aliphatic rings. The van der Waals surface area contributed by atoms with E-state index in [2.05, 4.69) is 10.3 Å². The molecule has 112 valence electrons. The second kappa shape index (κ2) is 7.28. The number of thiazole rings is 1. The van der Waals surface area contributed by atoms with Crippen molar-refractivity contribution in [3.8, 4) is 0 Å². The highest BCUT2D eigenvalue weighted by Crippen LogP contribution is 2.21. The van der Waals surface area contributed by atoms with Crippen molar-refractivity contribution in [2.75, 3.05) is 5.32 Å². The third-order valence-corrected chi connectivity index (χ3v) is 3.90. The van der Waals surface area contributed by atoms with E-state index in [1.807, 2.05) is 13.0 Å². The van der Waals surface area contributed by atoms with Crippen LogP contribution in [-0.4, -0.2) is 16.9 Å². The number of nitrogens with two attached hydrogens (primary N) is 1. The molecule has 0 saturated heterocycles. The maximum atomic E-state index is 13.1. The minimum atomic E-state index is -0.509. The topological polar surface area (TPSA) is 68.0 Å². The van der Waals surface area contributed by atoms with E-state index in [0.29, 0.717) is 18.0 Å². The van der Waals surface area contributed by atoms with Crippen LogP contribution in [0.1, 0.15) is 30.2 Å². The number of aromatic nitrogens is 1. The van der Waals surface area contributed by atoms with Gasteiger partial charge in [-0.05, 0) is 24.1 Å². The van der Waals surface area contributed by atoms with Crippen LogP contribution in [0.5, 0.6) is 0 Å². The predicted octanol–water partition coefficient (Wildman–Crippen LogP) is 2.94. The molecule has 3 N–H and O–H groups in total. The Morgan fingerprint density at radius 3 is 3.05 bits per heavy atom. The van der Waals surface area contributed by atoms with E-state index >= 15 is 0 Å². The number of hydrogen-bond donors (Lipinski definition) is 2. The molecule has 1 heterocycles. The van der Waals surface area contributed by atoms with E-state index in [9.17, 15) is 9.18 Å². The number of anilines is 1. The maximum Gasteiger partial charge on any atom is 0.243 e. The Morgan fingerprint density at radius 1 is 1.52 bits per heavy atom. The number of amides is 1. The van der Waals surface area contributed by atoms with E-state index in [1.165, 1.54) is 23.5 Å². The number of carbonyl (C=O) groups excluding carboxylic acids is 1. The molecule has 2 rings (SSSR count). The van der Waals surface area contributed by atoms with Gasteiger partial charge in [0, 0.05) is 17.5 Å². The summed E-state index contributed by atoms with van der Waals surface area (Å²) in [5, 5.41) is 3.24. The zero-order valence-corrected chi connectivity index (χ0v) is 12.6. The third kappa shape index (κ3) is 4.61. The van der Waals surface area contributed by atoms with Gasteiger partial charge in [-0.15, -0.1) is 11.3 Å². The molecule has 6 heteroatoms. The molecule has 0 spiro atoms. The molecule has 1 atom stereocenters. The number of nitrogens with zero attached hydrogens (tertiary/aromatic N) is 1. The average molecular weight is 307 g/mol. The Kier molecular flexibility index (Phi) is 5.41. The molecule has 0 fully saturated rings. The van der Waals surface area contributed by atoms with Crippen molar-refractivity contribution in [2.24, 2.45) is 5.73 Å². The number of carbonyl (C=O) groups is 1. The molecule has 1 unspecified atom stereocenters. The van der Waals surface area contributed by atoms with E-state index in [0.717, 1.165) is 16.9 Å². The lowest BCUT2D eigenvalue weighted by molar-refractivity contribution is -0.117. The monoisotopic (exact) mass is 307 g/mol. The summed E-state index contributed by atoms with van der Waals surface area (Å²) >= 11 is 1.38. The number of hydrogen-bond acceptors (Lipinski definition) is 4. The van der Waals surface area contributed by atoms with Crippen molar-refractivity contribution in [2.45, 2.75) is 32.2 Å². The minimum absolute atomic E-state index is 0.219. The Hall–Kier alpha value is -1.79. The lowest BCUT2D eigenvalue weighted by Gasteiger charge is -2.08. The Balaban J connectivity index is 1.97. The van der Waals surface area contributed by atoms with Crippen LogP contribution in [0.4, 0.5) is 9.52 Å². The maximum absolute atomic E-state index is 13.1. The van der Waals surface area contributed by atoms with Crippen LogP contribution in [-0.2, 0) is 11.2 Å². The molecule has 0 aliphatic carbocycles. The van der Waals surface area contributed by atoms with Gasteiger partial charge in [-0.25, -0.2) is 9.37 Å². The largest absolute Gasteiger partial charge is 0.320 e. The highest BCUT2D eigenvalue weighted by atomic mass is 32.1. The molecule has 4 nitrogen and oxygen atoms in total. The van der Waals surface area contributed by atoms with Crippen molar-refractivity contribution in [1.29, 1.82) is 0 Å². The highest BCUT2D eigenvalue weighted by Gasteiger charge is 2.14. The minimum Gasteiger partial charge on any atom is -0.320 e. The predicted molar refractivity (Wildman–Crippen MR) is 82.8 cm³/mol. The van der Waals surface area contributed by atoms with Crippen LogP contribution < -0.4 is 11.1 Å². The van der Waals surface area contributed by atoms with Crippen molar-refractivity contribution in [1.82, 2.24) is 4.98 Å². The standard InChI is InChI=1S/C15H18FN3OS/c1-2-4-13(17)14(20)19-15-18-9-12(21-15)8-10-5-3-6-11(16)7-10/h3,5-7,9,13H,2,4,8,17H2,1H3,(H,18,19,20). The molecule has 0 radical (unpaired) electrons. The first-order valence-corrected chi connectivity index (χ1v) is 7.65. The van der Waals surface area contributed by atoms with Gasteiger partial charge in [0.1, 0.15) is 5.82 Å². The highest BCUT2D eigenvalue weighted by molar-refractivity contribution is 7.15. The summed E-state index contributed by atoms with van der Waals surface area (Å²) in [7, 11) is 0. The van der Waals surface area contributed by atoms with Crippen molar-refractivity contribution < 1.29 is 9.18 Å². The second-order valence-corrected chi connectivity index (χ2v) is 5.94. The van der Waals surface area contributed by atoms with Crippen LogP contribution >= 0.6 is 11.3 Å². The second-order valence-electron chi connectivity index (χ2n) is 4.82. The quantitative estimate of drug-likeness (QED) is 0.862. The van der Waals surface area contributed by atoms with E-state index in [-0.39, 0.29) is 11.7 Å². The summed E-state index contributed by atoms with van der Waals surface area (Å²) in [4.78, 5) is 16.9. The zero-order chi connectivity index (χ0) is 15.2. The summed E-state index contributed by atoms with van der Waals surface area (Å²) in [6.07, 6.45) is 3.79. The SMILES string of the molecule is CCCC(N)C(=O)Nc1ncc(Cc2cccc(F)c2)s1. The fourth-order valence-corrected chi connectivity index (χ4v) is 2.78. The van der Waals surface area contributed by atoms with Crippen LogP contribution in [0.15, 0.2) is 30.5 Å². The summed E-state index contributed by atoms with van der Waals surface area (Å²) in [6, 6.07) is 5.94. The number of rotatable bonds is 6. The van der Waals surface area contributed by atoms with Crippen molar-refractivity contribution in [3.05, 3.63) is 46.7 Å². The third-order valence-electron chi connectivity index (χ3n) is 2.99. The van der Waals surface area contributed by atoms with Crippen molar-refractivity contribution in [3.63, 3.8) is 0 Å². The first kappa shape index (κ1) is 15.6. The molecular formula is C15H18FN3OS. The zero-order valence-electron chi connectivity index (χ0n) is 11.8. The van der Waals surface area contributed by atoms with Gasteiger partial charge in [-0.2, -0.15) is 0 Å². The van der Waals surface area contributed by atoms with Gasteiger partial charge in [0.15, 0.2) is 5.13 Å². The number of halogens is 1. The Morgan fingerprint density at radius 2 is 2.33 bits per heavy atom. The normalized spacial score (nSPS) is 12.1. The molecule has 0 bridgehead atoms. The molecule has 0 aliphatic heterocycles. The molecule has 1 aromatic carbocycles. The summed E-state index contributed by atoms with van der Waals surface area (Å²) < 4.78 is 13.1. The average Bonchev–Trinajstić information content (AvgIpc) is 2.86. The fraction of sp³-hybridized carbons (Fsp3) is 0.333. The van der Waals surface area contributed by atoms with Crippen LogP contribution in [0, 0.1) is 5.82 Å². The van der Waals surface area contributed by atoms with E-state index in [1.54, 1.807) is 12.3 Å². The Labute approximate surface area is 127 Å². The number of benzene rings is 1. The van der Waals surface area contributed by atoms with Crippen molar-refractivity contribution >= 4 is 22.4 Å². The molecule has 21 heavy (non-hydrogen) atoms. The van der Waals surface area contributed by atoms with Crippen LogP contribution in [0.25, 0.3) is 0 Å². The first-order chi connectivity index (χ1) is 10.1. The van der Waals surface area contributed by atoms with E-state index < -0.39 is 6.04 Å². The van der Waals surface area contributed by atoms with Gasteiger partial charge in [0.05, 0.1) is 6.04 Å². The van der Waals surface area contributed by atoms with Gasteiger partial charge in [-0.3, -0.25) is 4.79 Å². The van der Waals surface area contributed by atoms with Gasteiger partial charge < -0.3 is 11.1 Å². The lowest BCUT2D eigenvalue weighted by atomic mass is 10.1. The smallest absolute Gasteiger partial charge is 0.243 e. The van der Waals surface area contributed by atoms with Gasteiger partial charge >= 0.3 is 0 Å². The van der Waals surface area contributed by atoms with E-state index in [4.69, 9.17) is 5.73 Å². The van der Waals surface area contributed by atoms with Gasteiger partial charge in [0.2, 0.25) is 5.91 Å². The lowest BCUT2D eigenvalue weighted by Crippen LogP contribution is -2.35. The molecule has 2 aromatic rings.